The van der Waals surface area contributed by atoms with Gasteiger partial charge in [-0.15, -0.1) is 0 Å². The SMILES string of the molecule is Oc1ccccc1C1CC(c2ccc(Cl)cc2)=NC(c2ccc(Cl)cc2)N1. The zero-order valence-corrected chi connectivity index (χ0v) is 16.0. The molecule has 0 spiro atoms. The molecule has 27 heavy (non-hydrogen) atoms. The van der Waals surface area contributed by atoms with Gasteiger partial charge in [0.1, 0.15) is 11.9 Å². The van der Waals surface area contributed by atoms with Crippen LogP contribution in [-0.2, 0) is 0 Å². The van der Waals surface area contributed by atoms with Crippen molar-refractivity contribution in [3.05, 3.63) is 99.5 Å². The molecule has 2 unspecified atom stereocenters. The predicted octanol–water partition coefficient (Wildman–Crippen LogP) is 5.92. The smallest absolute Gasteiger partial charge is 0.126 e. The molecule has 4 rings (SSSR count). The van der Waals surface area contributed by atoms with Crippen molar-refractivity contribution >= 4 is 28.9 Å². The molecule has 5 heteroatoms. The van der Waals surface area contributed by atoms with Crippen molar-refractivity contribution in [1.29, 1.82) is 0 Å². The molecule has 2 atom stereocenters. The number of halogens is 2. The van der Waals surface area contributed by atoms with Crippen LogP contribution in [0.1, 0.15) is 35.3 Å². The normalized spacial score (nSPS) is 19.6. The van der Waals surface area contributed by atoms with Gasteiger partial charge in [-0.1, -0.05) is 65.7 Å². The molecule has 0 amide bonds. The molecule has 0 fully saturated rings. The van der Waals surface area contributed by atoms with Crippen molar-refractivity contribution in [3.63, 3.8) is 0 Å². The molecule has 0 aromatic heterocycles. The molecule has 2 N–H and O–H groups in total. The van der Waals surface area contributed by atoms with Gasteiger partial charge in [0.15, 0.2) is 0 Å². The number of aliphatic imine (C=N–C) groups is 1. The van der Waals surface area contributed by atoms with Crippen molar-refractivity contribution in [1.82, 2.24) is 5.32 Å². The maximum Gasteiger partial charge on any atom is 0.126 e. The Balaban J connectivity index is 1.75. The third kappa shape index (κ3) is 4.01. The summed E-state index contributed by atoms with van der Waals surface area (Å²) in [5.74, 6) is 0.280. The summed E-state index contributed by atoms with van der Waals surface area (Å²) < 4.78 is 0. The summed E-state index contributed by atoms with van der Waals surface area (Å²) in [4.78, 5) is 4.92. The molecule has 1 aliphatic heterocycles. The van der Waals surface area contributed by atoms with E-state index >= 15 is 0 Å². The van der Waals surface area contributed by atoms with Crippen LogP contribution in [0.25, 0.3) is 0 Å². The van der Waals surface area contributed by atoms with E-state index in [2.05, 4.69) is 5.32 Å². The summed E-state index contributed by atoms with van der Waals surface area (Å²) in [6.45, 7) is 0. The zero-order valence-electron chi connectivity index (χ0n) is 14.4. The Morgan fingerprint density at radius 2 is 1.48 bits per heavy atom. The van der Waals surface area contributed by atoms with Gasteiger partial charge in [-0.2, -0.15) is 0 Å². The number of hydrogen-bond acceptors (Lipinski definition) is 3. The second-order valence-corrected chi connectivity index (χ2v) is 7.39. The summed E-state index contributed by atoms with van der Waals surface area (Å²) in [7, 11) is 0. The van der Waals surface area contributed by atoms with E-state index in [4.69, 9.17) is 28.2 Å². The first-order valence-corrected chi connectivity index (χ1v) is 9.48. The highest BCUT2D eigenvalue weighted by molar-refractivity contribution is 6.30. The lowest BCUT2D eigenvalue weighted by Crippen LogP contribution is -2.33. The summed E-state index contributed by atoms with van der Waals surface area (Å²) >= 11 is 12.1. The van der Waals surface area contributed by atoms with Crippen LogP contribution in [0.4, 0.5) is 0 Å². The van der Waals surface area contributed by atoms with Crippen molar-refractivity contribution < 1.29 is 5.11 Å². The first-order chi connectivity index (χ1) is 13.1. The number of aromatic hydroxyl groups is 1. The van der Waals surface area contributed by atoms with Crippen LogP contribution in [0.5, 0.6) is 5.75 Å². The minimum Gasteiger partial charge on any atom is -0.508 e. The minimum atomic E-state index is -0.230. The van der Waals surface area contributed by atoms with E-state index in [1.807, 2.05) is 66.7 Å². The molecule has 1 aliphatic rings. The third-order valence-electron chi connectivity index (χ3n) is 4.72. The number of phenolic OH excluding ortho intramolecular Hbond substituents is 1. The zero-order chi connectivity index (χ0) is 18.8. The number of nitrogens with zero attached hydrogens (tertiary/aromatic N) is 1. The summed E-state index contributed by atoms with van der Waals surface area (Å²) in [5, 5.41) is 15.3. The van der Waals surface area contributed by atoms with Gasteiger partial charge in [0.25, 0.3) is 0 Å². The summed E-state index contributed by atoms with van der Waals surface area (Å²) in [5.41, 5.74) is 3.88. The van der Waals surface area contributed by atoms with E-state index < -0.39 is 0 Å². The Bertz CT molecular complexity index is 968. The van der Waals surface area contributed by atoms with Gasteiger partial charge in [-0.05, 0) is 41.5 Å². The second-order valence-electron chi connectivity index (χ2n) is 6.52. The Morgan fingerprint density at radius 1 is 0.852 bits per heavy atom. The number of benzene rings is 3. The van der Waals surface area contributed by atoms with Crippen LogP contribution in [0.15, 0.2) is 77.8 Å². The van der Waals surface area contributed by atoms with E-state index in [0.29, 0.717) is 16.5 Å². The van der Waals surface area contributed by atoms with E-state index in [9.17, 15) is 5.11 Å². The molecule has 0 saturated carbocycles. The largest absolute Gasteiger partial charge is 0.508 e. The highest BCUT2D eigenvalue weighted by atomic mass is 35.5. The molecule has 0 aliphatic carbocycles. The lowest BCUT2D eigenvalue weighted by molar-refractivity contribution is 0.413. The maximum absolute atomic E-state index is 10.3. The lowest BCUT2D eigenvalue weighted by atomic mass is 9.93. The summed E-state index contributed by atoms with van der Waals surface area (Å²) in [6, 6.07) is 22.7. The van der Waals surface area contributed by atoms with Gasteiger partial charge < -0.3 is 5.11 Å². The van der Waals surface area contributed by atoms with Gasteiger partial charge in [0.05, 0.1) is 0 Å². The third-order valence-corrected chi connectivity index (χ3v) is 5.22. The van der Waals surface area contributed by atoms with Crippen LogP contribution in [0.2, 0.25) is 10.0 Å². The first kappa shape index (κ1) is 18.1. The van der Waals surface area contributed by atoms with Gasteiger partial charge in [0, 0.05) is 33.8 Å². The minimum absolute atomic E-state index is 0.0601. The van der Waals surface area contributed by atoms with E-state index in [0.717, 1.165) is 22.4 Å². The predicted molar refractivity (Wildman–Crippen MR) is 111 cm³/mol. The molecule has 3 aromatic carbocycles. The Hall–Kier alpha value is -2.33. The number of rotatable bonds is 3. The van der Waals surface area contributed by atoms with Crippen LogP contribution in [0, 0.1) is 0 Å². The highest BCUT2D eigenvalue weighted by Crippen LogP contribution is 2.34. The molecule has 0 bridgehead atoms. The second kappa shape index (κ2) is 7.73. The van der Waals surface area contributed by atoms with Crippen LogP contribution >= 0.6 is 23.2 Å². The fraction of sp³-hybridized carbons (Fsp3) is 0.136. The number of phenols is 1. The monoisotopic (exact) mass is 396 g/mol. The Kier molecular flexibility index (Phi) is 5.17. The standard InChI is InChI=1S/C22H18Cl2N2O/c23-16-9-5-14(6-10-16)19-13-20(18-3-1-2-4-21(18)27)26-22(25-19)15-7-11-17(24)12-8-15/h1-12,20,22,26-27H,13H2. The van der Waals surface area contributed by atoms with Crippen LogP contribution in [0.3, 0.4) is 0 Å². The van der Waals surface area contributed by atoms with Crippen molar-refractivity contribution in [3.8, 4) is 5.75 Å². The number of para-hydroxylation sites is 1. The number of hydrogen-bond donors (Lipinski definition) is 2. The quantitative estimate of drug-likeness (QED) is 0.576. The molecule has 136 valence electrons. The van der Waals surface area contributed by atoms with Crippen LogP contribution in [-0.4, -0.2) is 10.8 Å². The fourth-order valence-electron chi connectivity index (χ4n) is 3.32. The topological polar surface area (TPSA) is 44.6 Å². The van der Waals surface area contributed by atoms with E-state index in [1.165, 1.54) is 0 Å². The molecule has 3 aromatic rings. The Labute approximate surface area is 168 Å². The van der Waals surface area contributed by atoms with Crippen LogP contribution < -0.4 is 5.32 Å². The van der Waals surface area contributed by atoms with Crippen molar-refractivity contribution in [2.45, 2.75) is 18.6 Å². The maximum atomic E-state index is 10.3. The molecular formula is C22H18Cl2N2O. The van der Waals surface area contributed by atoms with E-state index in [-0.39, 0.29) is 18.0 Å². The molecule has 0 radical (unpaired) electrons. The van der Waals surface area contributed by atoms with Gasteiger partial charge in [-0.3, -0.25) is 10.3 Å². The van der Waals surface area contributed by atoms with Crippen molar-refractivity contribution in [2.24, 2.45) is 4.99 Å². The van der Waals surface area contributed by atoms with Gasteiger partial charge in [0.2, 0.25) is 0 Å². The Morgan fingerprint density at radius 3 is 2.15 bits per heavy atom. The highest BCUT2D eigenvalue weighted by Gasteiger charge is 2.27. The lowest BCUT2D eigenvalue weighted by Gasteiger charge is -2.31. The average molecular weight is 397 g/mol. The summed E-state index contributed by atoms with van der Waals surface area (Å²) in [6.07, 6.45) is 0.440. The van der Waals surface area contributed by atoms with Gasteiger partial charge >= 0.3 is 0 Å². The van der Waals surface area contributed by atoms with E-state index in [1.54, 1.807) is 6.07 Å². The molecular weight excluding hydrogens is 379 g/mol. The fourth-order valence-corrected chi connectivity index (χ4v) is 3.57. The number of nitrogens with one attached hydrogen (secondary N) is 1. The average Bonchev–Trinajstić information content (AvgIpc) is 2.69. The van der Waals surface area contributed by atoms with Crippen molar-refractivity contribution in [2.75, 3.05) is 0 Å². The van der Waals surface area contributed by atoms with Gasteiger partial charge in [-0.25, -0.2) is 0 Å². The molecule has 1 heterocycles. The first-order valence-electron chi connectivity index (χ1n) is 8.72. The molecule has 0 saturated heterocycles. The molecule has 3 nitrogen and oxygen atoms in total.